The zero-order valence-electron chi connectivity index (χ0n) is 8.30. The van der Waals surface area contributed by atoms with E-state index >= 15 is 0 Å². The van der Waals surface area contributed by atoms with Gasteiger partial charge in [0.2, 0.25) is 5.91 Å². The predicted octanol–water partition coefficient (Wildman–Crippen LogP) is 1.68. The molecule has 1 amide bonds. The van der Waals surface area contributed by atoms with Crippen LogP contribution in [0.4, 0.5) is 5.69 Å². The lowest BCUT2D eigenvalue weighted by molar-refractivity contribution is -0.116. The van der Waals surface area contributed by atoms with Crippen molar-refractivity contribution >= 4 is 27.5 Å². The van der Waals surface area contributed by atoms with Crippen molar-refractivity contribution in [1.82, 2.24) is 14.8 Å². The standard InChI is InChI=1S/C10H9BrN4O/c11-10-8(3-1-4-12-10)14-9(16)7-15-6-2-5-13-15/h1-6H,7H2,(H,14,16). The van der Waals surface area contributed by atoms with E-state index in [0.717, 1.165) is 0 Å². The van der Waals surface area contributed by atoms with Crippen molar-refractivity contribution in [2.75, 3.05) is 5.32 Å². The summed E-state index contributed by atoms with van der Waals surface area (Å²) in [6.07, 6.45) is 5.01. The first kappa shape index (κ1) is 10.8. The van der Waals surface area contributed by atoms with Crippen LogP contribution in [0.1, 0.15) is 0 Å². The fourth-order valence-corrected chi connectivity index (χ4v) is 1.56. The molecule has 0 fully saturated rings. The maximum Gasteiger partial charge on any atom is 0.246 e. The zero-order chi connectivity index (χ0) is 11.4. The summed E-state index contributed by atoms with van der Waals surface area (Å²) in [5.41, 5.74) is 0.652. The summed E-state index contributed by atoms with van der Waals surface area (Å²) in [6, 6.07) is 5.31. The van der Waals surface area contributed by atoms with Gasteiger partial charge in [-0.25, -0.2) is 4.98 Å². The Kier molecular flexibility index (Phi) is 3.31. The second-order valence-electron chi connectivity index (χ2n) is 3.09. The number of carbonyl (C=O) groups excluding carboxylic acids is 1. The number of hydrogen-bond donors (Lipinski definition) is 1. The molecule has 0 saturated carbocycles. The number of nitrogens with one attached hydrogen (secondary N) is 1. The lowest BCUT2D eigenvalue weighted by Gasteiger charge is -2.06. The Bertz CT molecular complexity index is 483. The molecule has 0 aliphatic carbocycles. The summed E-state index contributed by atoms with van der Waals surface area (Å²) in [4.78, 5) is 15.6. The molecule has 0 saturated heterocycles. The Morgan fingerprint density at radius 1 is 1.44 bits per heavy atom. The van der Waals surface area contributed by atoms with E-state index in [1.54, 1.807) is 41.5 Å². The van der Waals surface area contributed by atoms with Crippen LogP contribution in [-0.4, -0.2) is 20.7 Å². The number of aromatic nitrogens is 3. The molecule has 0 spiro atoms. The predicted molar refractivity (Wildman–Crippen MR) is 62.8 cm³/mol. The molecule has 0 aliphatic rings. The van der Waals surface area contributed by atoms with E-state index in [1.807, 2.05) is 0 Å². The van der Waals surface area contributed by atoms with E-state index in [1.165, 1.54) is 0 Å². The molecule has 82 valence electrons. The average molecular weight is 281 g/mol. The number of nitrogens with zero attached hydrogens (tertiary/aromatic N) is 3. The lowest BCUT2D eigenvalue weighted by atomic mass is 10.4. The molecular weight excluding hydrogens is 272 g/mol. The van der Waals surface area contributed by atoms with Gasteiger partial charge in [-0.2, -0.15) is 5.10 Å². The Balaban J connectivity index is 2.00. The van der Waals surface area contributed by atoms with E-state index in [0.29, 0.717) is 10.3 Å². The van der Waals surface area contributed by atoms with Crippen LogP contribution in [0.2, 0.25) is 0 Å². The van der Waals surface area contributed by atoms with Crippen molar-refractivity contribution in [1.29, 1.82) is 0 Å². The number of rotatable bonds is 3. The minimum absolute atomic E-state index is 0.141. The van der Waals surface area contributed by atoms with Gasteiger partial charge >= 0.3 is 0 Å². The second kappa shape index (κ2) is 4.89. The van der Waals surface area contributed by atoms with Crippen molar-refractivity contribution in [3.63, 3.8) is 0 Å². The van der Waals surface area contributed by atoms with Crippen LogP contribution in [0.25, 0.3) is 0 Å². The minimum atomic E-state index is -0.141. The van der Waals surface area contributed by atoms with Gasteiger partial charge in [-0.3, -0.25) is 9.48 Å². The van der Waals surface area contributed by atoms with Gasteiger partial charge in [0.15, 0.2) is 0 Å². The normalized spacial score (nSPS) is 10.1. The van der Waals surface area contributed by atoms with Gasteiger partial charge in [0, 0.05) is 18.6 Å². The molecule has 2 heterocycles. The van der Waals surface area contributed by atoms with Crippen LogP contribution in [0, 0.1) is 0 Å². The number of halogens is 1. The molecule has 0 bridgehead atoms. The molecule has 5 nitrogen and oxygen atoms in total. The Morgan fingerprint density at radius 3 is 3.00 bits per heavy atom. The number of hydrogen-bond acceptors (Lipinski definition) is 3. The van der Waals surface area contributed by atoms with E-state index in [4.69, 9.17) is 0 Å². The summed E-state index contributed by atoms with van der Waals surface area (Å²) in [5, 5.41) is 6.69. The Labute approximate surface area is 101 Å². The SMILES string of the molecule is O=C(Cn1cccn1)Nc1cccnc1Br. The maximum absolute atomic E-state index is 11.6. The lowest BCUT2D eigenvalue weighted by Crippen LogP contribution is -2.19. The van der Waals surface area contributed by atoms with Crippen LogP contribution < -0.4 is 5.32 Å². The Hall–Kier alpha value is -1.69. The number of anilines is 1. The van der Waals surface area contributed by atoms with Crippen LogP contribution >= 0.6 is 15.9 Å². The third-order valence-electron chi connectivity index (χ3n) is 1.90. The molecule has 1 N–H and O–H groups in total. The highest BCUT2D eigenvalue weighted by atomic mass is 79.9. The molecular formula is C10H9BrN4O. The maximum atomic E-state index is 11.6. The highest BCUT2D eigenvalue weighted by molar-refractivity contribution is 9.10. The van der Waals surface area contributed by atoms with Crippen molar-refractivity contribution in [2.45, 2.75) is 6.54 Å². The number of amides is 1. The van der Waals surface area contributed by atoms with Crippen molar-refractivity contribution in [3.05, 3.63) is 41.4 Å². The first-order valence-corrected chi connectivity index (χ1v) is 5.43. The largest absolute Gasteiger partial charge is 0.322 e. The molecule has 2 aromatic rings. The summed E-state index contributed by atoms with van der Waals surface area (Å²) >= 11 is 3.25. The molecule has 0 atom stereocenters. The average Bonchev–Trinajstić information content (AvgIpc) is 2.74. The van der Waals surface area contributed by atoms with E-state index in [-0.39, 0.29) is 12.5 Å². The third kappa shape index (κ3) is 2.66. The van der Waals surface area contributed by atoms with Gasteiger partial charge in [-0.05, 0) is 34.1 Å². The topological polar surface area (TPSA) is 59.8 Å². The number of pyridine rings is 1. The summed E-state index contributed by atoms with van der Waals surface area (Å²) < 4.78 is 2.17. The van der Waals surface area contributed by atoms with Gasteiger partial charge in [0.1, 0.15) is 11.1 Å². The molecule has 6 heteroatoms. The smallest absolute Gasteiger partial charge is 0.246 e. The van der Waals surface area contributed by atoms with E-state index in [9.17, 15) is 4.79 Å². The Morgan fingerprint density at radius 2 is 2.31 bits per heavy atom. The third-order valence-corrected chi connectivity index (χ3v) is 2.53. The first-order chi connectivity index (χ1) is 7.75. The fourth-order valence-electron chi connectivity index (χ4n) is 1.21. The van der Waals surface area contributed by atoms with Gasteiger partial charge in [-0.1, -0.05) is 0 Å². The van der Waals surface area contributed by atoms with Crippen LogP contribution in [0.3, 0.4) is 0 Å². The van der Waals surface area contributed by atoms with Gasteiger partial charge < -0.3 is 5.32 Å². The zero-order valence-corrected chi connectivity index (χ0v) is 9.89. The monoisotopic (exact) mass is 280 g/mol. The highest BCUT2D eigenvalue weighted by Gasteiger charge is 2.06. The summed E-state index contributed by atoms with van der Waals surface area (Å²) in [6.45, 7) is 0.189. The molecule has 0 radical (unpaired) electrons. The van der Waals surface area contributed by atoms with Gasteiger partial charge in [-0.15, -0.1) is 0 Å². The van der Waals surface area contributed by atoms with Crippen LogP contribution in [0.5, 0.6) is 0 Å². The van der Waals surface area contributed by atoms with Crippen LogP contribution in [-0.2, 0) is 11.3 Å². The molecule has 0 aromatic carbocycles. The van der Waals surface area contributed by atoms with Gasteiger partial charge in [0.25, 0.3) is 0 Å². The molecule has 2 rings (SSSR count). The quantitative estimate of drug-likeness (QED) is 0.871. The first-order valence-electron chi connectivity index (χ1n) is 4.63. The number of carbonyl (C=O) groups is 1. The van der Waals surface area contributed by atoms with Gasteiger partial charge in [0.05, 0.1) is 5.69 Å². The van der Waals surface area contributed by atoms with E-state index in [2.05, 4.69) is 31.3 Å². The second-order valence-corrected chi connectivity index (χ2v) is 3.84. The van der Waals surface area contributed by atoms with Crippen molar-refractivity contribution in [2.24, 2.45) is 0 Å². The van der Waals surface area contributed by atoms with Crippen molar-refractivity contribution in [3.8, 4) is 0 Å². The van der Waals surface area contributed by atoms with E-state index < -0.39 is 0 Å². The summed E-state index contributed by atoms with van der Waals surface area (Å²) in [7, 11) is 0. The molecule has 2 aromatic heterocycles. The molecule has 0 unspecified atom stereocenters. The van der Waals surface area contributed by atoms with Crippen LogP contribution in [0.15, 0.2) is 41.4 Å². The molecule has 0 aliphatic heterocycles. The summed E-state index contributed by atoms with van der Waals surface area (Å²) in [5.74, 6) is -0.141. The highest BCUT2D eigenvalue weighted by Crippen LogP contribution is 2.17. The van der Waals surface area contributed by atoms with Crippen molar-refractivity contribution < 1.29 is 4.79 Å². The minimum Gasteiger partial charge on any atom is -0.322 e. The fraction of sp³-hybridized carbons (Fsp3) is 0.100. The molecule has 16 heavy (non-hydrogen) atoms.